The van der Waals surface area contributed by atoms with Gasteiger partial charge in [-0.1, -0.05) is 11.6 Å². The number of hydrogen-bond acceptors (Lipinski definition) is 5. The molecule has 0 aliphatic rings. The lowest BCUT2D eigenvalue weighted by Gasteiger charge is -2.09. The van der Waals surface area contributed by atoms with Gasteiger partial charge in [-0.2, -0.15) is 9.97 Å². The molecule has 0 fully saturated rings. The molecule has 0 saturated heterocycles. The lowest BCUT2D eigenvalue weighted by Crippen LogP contribution is -2.05. The average Bonchev–Trinajstić information content (AvgIpc) is 2.92. The van der Waals surface area contributed by atoms with Crippen LogP contribution in [0.25, 0.3) is 11.2 Å². The topological polar surface area (TPSA) is 78.5 Å². The van der Waals surface area contributed by atoms with Crippen molar-refractivity contribution in [3.8, 4) is 0 Å². The fourth-order valence-corrected chi connectivity index (χ4v) is 2.37. The molecule has 0 spiro atoms. The van der Waals surface area contributed by atoms with Gasteiger partial charge in [0.25, 0.3) is 0 Å². The van der Waals surface area contributed by atoms with Crippen LogP contribution < -0.4 is 10.6 Å². The van der Waals surface area contributed by atoms with E-state index in [0.717, 1.165) is 22.2 Å². The molecule has 0 aliphatic heterocycles. The van der Waals surface area contributed by atoms with Crippen molar-refractivity contribution >= 4 is 56.1 Å². The second-order valence-corrected chi connectivity index (χ2v) is 5.54. The van der Waals surface area contributed by atoms with Crippen molar-refractivity contribution in [1.29, 1.82) is 0 Å². The van der Waals surface area contributed by atoms with Gasteiger partial charge in [0, 0.05) is 16.7 Å². The molecular weight excluding hydrogens is 356 g/mol. The Balaban J connectivity index is 2.01. The van der Waals surface area contributed by atoms with Gasteiger partial charge in [0.2, 0.25) is 5.95 Å². The minimum Gasteiger partial charge on any atom is -0.354 e. The fourth-order valence-electron chi connectivity index (χ4n) is 1.87. The van der Waals surface area contributed by atoms with Gasteiger partial charge in [-0.05, 0) is 41.1 Å². The molecule has 0 atom stereocenters. The quantitative estimate of drug-likeness (QED) is 0.651. The molecular formula is C13H12BrClN6. The molecule has 0 amide bonds. The van der Waals surface area contributed by atoms with Gasteiger partial charge in [0.05, 0.1) is 11.3 Å². The summed E-state index contributed by atoms with van der Waals surface area (Å²) in [6.45, 7) is 2.73. The monoisotopic (exact) mass is 366 g/mol. The highest BCUT2D eigenvalue weighted by molar-refractivity contribution is 9.10. The van der Waals surface area contributed by atoms with Crippen molar-refractivity contribution in [1.82, 2.24) is 19.9 Å². The number of imidazole rings is 1. The Morgan fingerprint density at radius 3 is 2.95 bits per heavy atom. The minimum atomic E-state index is 0.535. The van der Waals surface area contributed by atoms with Gasteiger partial charge in [0.15, 0.2) is 11.5 Å². The molecule has 0 unspecified atom stereocenters. The van der Waals surface area contributed by atoms with Crippen LogP contribution >= 0.6 is 27.5 Å². The summed E-state index contributed by atoms with van der Waals surface area (Å²) in [5, 5.41) is 6.99. The summed E-state index contributed by atoms with van der Waals surface area (Å²) in [4.78, 5) is 16.0. The summed E-state index contributed by atoms with van der Waals surface area (Å²) in [7, 11) is 0. The Bertz CT molecular complexity index is 787. The SMILES string of the molecule is CCNc1nc(Nc2ccc(Cl)c(Br)c2)c2[nH]cnc2n1. The molecule has 0 bridgehead atoms. The summed E-state index contributed by atoms with van der Waals surface area (Å²) in [5.74, 6) is 1.19. The van der Waals surface area contributed by atoms with E-state index in [1.165, 1.54) is 0 Å². The van der Waals surface area contributed by atoms with Crippen LogP contribution in [0.1, 0.15) is 6.92 Å². The number of anilines is 3. The van der Waals surface area contributed by atoms with Crippen molar-refractivity contribution in [2.45, 2.75) is 6.92 Å². The average molecular weight is 368 g/mol. The maximum atomic E-state index is 6.00. The molecule has 2 aromatic heterocycles. The first kappa shape index (κ1) is 14.1. The Morgan fingerprint density at radius 1 is 1.33 bits per heavy atom. The smallest absolute Gasteiger partial charge is 0.226 e. The molecule has 2 heterocycles. The van der Waals surface area contributed by atoms with Crippen LogP contribution in [-0.2, 0) is 0 Å². The number of aromatic amines is 1. The standard InChI is InChI=1S/C13H12BrClN6/c1-2-16-13-20-11-10(17-6-18-11)12(21-13)19-7-3-4-9(15)8(14)5-7/h3-6H,2H2,1H3,(H3,16,17,18,19,20,21). The van der Waals surface area contributed by atoms with Gasteiger partial charge >= 0.3 is 0 Å². The first-order valence-corrected chi connectivity index (χ1v) is 7.51. The number of hydrogen-bond donors (Lipinski definition) is 3. The molecule has 0 radical (unpaired) electrons. The van der Waals surface area contributed by atoms with E-state index in [9.17, 15) is 0 Å². The molecule has 0 aliphatic carbocycles. The van der Waals surface area contributed by atoms with Crippen LogP contribution in [0.3, 0.4) is 0 Å². The van der Waals surface area contributed by atoms with Crippen molar-refractivity contribution in [2.75, 3.05) is 17.2 Å². The molecule has 3 rings (SSSR count). The van der Waals surface area contributed by atoms with Crippen LogP contribution in [0, 0.1) is 0 Å². The Labute approximate surface area is 134 Å². The Kier molecular flexibility index (Phi) is 3.94. The first-order valence-electron chi connectivity index (χ1n) is 6.34. The van der Waals surface area contributed by atoms with E-state index in [1.54, 1.807) is 6.33 Å². The first-order chi connectivity index (χ1) is 10.2. The van der Waals surface area contributed by atoms with Crippen molar-refractivity contribution in [2.24, 2.45) is 0 Å². The van der Waals surface area contributed by atoms with E-state index in [0.29, 0.717) is 22.4 Å². The summed E-state index contributed by atoms with van der Waals surface area (Å²) < 4.78 is 0.816. The molecule has 6 nitrogen and oxygen atoms in total. The van der Waals surface area contributed by atoms with Gasteiger partial charge in [-0.3, -0.25) is 0 Å². The summed E-state index contributed by atoms with van der Waals surface area (Å²) in [6.07, 6.45) is 1.60. The zero-order valence-corrected chi connectivity index (χ0v) is 13.5. The van der Waals surface area contributed by atoms with Crippen molar-refractivity contribution < 1.29 is 0 Å². The third-order valence-electron chi connectivity index (χ3n) is 2.80. The van der Waals surface area contributed by atoms with Gasteiger partial charge in [-0.15, -0.1) is 0 Å². The van der Waals surface area contributed by atoms with Gasteiger partial charge in [0.1, 0.15) is 5.52 Å². The van der Waals surface area contributed by atoms with Crippen molar-refractivity contribution in [3.05, 3.63) is 34.0 Å². The normalized spacial score (nSPS) is 10.8. The third-order valence-corrected chi connectivity index (χ3v) is 4.02. The predicted molar refractivity (Wildman–Crippen MR) is 88.3 cm³/mol. The van der Waals surface area contributed by atoms with Crippen LogP contribution in [-0.4, -0.2) is 26.5 Å². The van der Waals surface area contributed by atoms with Crippen LogP contribution in [0.4, 0.5) is 17.5 Å². The van der Waals surface area contributed by atoms with Crippen LogP contribution in [0.2, 0.25) is 5.02 Å². The number of H-pyrrole nitrogens is 1. The molecule has 108 valence electrons. The highest BCUT2D eigenvalue weighted by Gasteiger charge is 2.10. The van der Waals surface area contributed by atoms with E-state index in [4.69, 9.17) is 11.6 Å². The Hall–Kier alpha value is -1.86. The summed E-state index contributed by atoms with van der Waals surface area (Å²) in [6, 6.07) is 5.58. The molecule has 3 aromatic rings. The molecule has 21 heavy (non-hydrogen) atoms. The lowest BCUT2D eigenvalue weighted by molar-refractivity contribution is 1.10. The summed E-state index contributed by atoms with van der Waals surface area (Å²) in [5.41, 5.74) is 2.22. The summed E-state index contributed by atoms with van der Waals surface area (Å²) >= 11 is 9.41. The number of halogens is 2. The van der Waals surface area contributed by atoms with Gasteiger partial charge < -0.3 is 15.6 Å². The third kappa shape index (κ3) is 2.93. The second kappa shape index (κ2) is 5.87. The highest BCUT2D eigenvalue weighted by atomic mass is 79.9. The number of fused-ring (bicyclic) bond motifs is 1. The van der Waals surface area contributed by atoms with Crippen molar-refractivity contribution in [3.63, 3.8) is 0 Å². The van der Waals surface area contributed by atoms with E-state index < -0.39 is 0 Å². The van der Waals surface area contributed by atoms with Crippen LogP contribution in [0.5, 0.6) is 0 Å². The Morgan fingerprint density at radius 2 is 2.19 bits per heavy atom. The largest absolute Gasteiger partial charge is 0.354 e. The maximum Gasteiger partial charge on any atom is 0.226 e. The second-order valence-electron chi connectivity index (χ2n) is 4.28. The molecule has 0 saturated carbocycles. The minimum absolute atomic E-state index is 0.535. The van der Waals surface area contributed by atoms with E-state index in [1.807, 2.05) is 25.1 Å². The zero-order chi connectivity index (χ0) is 14.8. The lowest BCUT2D eigenvalue weighted by atomic mass is 10.3. The molecule has 8 heteroatoms. The molecule has 1 aromatic carbocycles. The number of nitrogens with zero attached hydrogens (tertiary/aromatic N) is 3. The number of rotatable bonds is 4. The number of benzene rings is 1. The number of nitrogens with one attached hydrogen (secondary N) is 3. The van der Waals surface area contributed by atoms with E-state index in [-0.39, 0.29) is 0 Å². The van der Waals surface area contributed by atoms with E-state index >= 15 is 0 Å². The zero-order valence-electron chi connectivity index (χ0n) is 11.1. The maximum absolute atomic E-state index is 6.00. The van der Waals surface area contributed by atoms with Gasteiger partial charge in [-0.25, -0.2) is 4.98 Å². The fraction of sp³-hybridized carbons (Fsp3) is 0.154. The van der Waals surface area contributed by atoms with E-state index in [2.05, 4.69) is 46.5 Å². The van der Waals surface area contributed by atoms with Crippen LogP contribution in [0.15, 0.2) is 29.0 Å². The number of aromatic nitrogens is 4. The highest BCUT2D eigenvalue weighted by Crippen LogP contribution is 2.28. The predicted octanol–water partition coefficient (Wildman–Crippen LogP) is 3.94. The molecule has 3 N–H and O–H groups in total.